The maximum atomic E-state index is 13.2. The van der Waals surface area contributed by atoms with Crippen molar-refractivity contribution in [3.8, 4) is 0 Å². The van der Waals surface area contributed by atoms with Gasteiger partial charge < -0.3 is 9.40 Å². The summed E-state index contributed by atoms with van der Waals surface area (Å²) in [5.41, 5.74) is 2.94. The zero-order valence-corrected chi connectivity index (χ0v) is 14.1. The fourth-order valence-electron chi connectivity index (χ4n) is 2.61. The number of amides is 1. The van der Waals surface area contributed by atoms with Crippen LogP contribution in [-0.2, 0) is 22.5 Å². The van der Waals surface area contributed by atoms with Crippen molar-refractivity contribution >= 4 is 16.8 Å². The van der Waals surface area contributed by atoms with Gasteiger partial charge in [-0.05, 0) is 54.6 Å². The minimum absolute atomic E-state index is 0.119. The van der Waals surface area contributed by atoms with Gasteiger partial charge in [-0.25, -0.2) is 9.87 Å². The average Bonchev–Trinajstić information content (AvgIpc) is 3.13. The van der Waals surface area contributed by atoms with E-state index < -0.39 is 5.82 Å². The number of benzene rings is 1. The molecular weight excluding hydrogens is 339 g/mol. The molecule has 26 heavy (non-hydrogen) atoms. The van der Waals surface area contributed by atoms with Gasteiger partial charge >= 0.3 is 0 Å². The molecule has 0 unspecified atom stereocenters. The Labute approximate surface area is 148 Å². The van der Waals surface area contributed by atoms with Crippen LogP contribution in [0.3, 0.4) is 0 Å². The van der Waals surface area contributed by atoms with E-state index in [2.05, 4.69) is 10.5 Å². The zero-order valence-electron chi connectivity index (χ0n) is 14.1. The highest BCUT2D eigenvalue weighted by molar-refractivity contribution is 5.79. The second-order valence-corrected chi connectivity index (χ2v) is 5.91. The van der Waals surface area contributed by atoms with Crippen LogP contribution in [0.15, 0.2) is 51.9 Å². The van der Waals surface area contributed by atoms with Gasteiger partial charge in [0.05, 0.1) is 18.4 Å². The molecule has 0 spiro atoms. The molecule has 0 fully saturated rings. The molecule has 2 N–H and O–H groups in total. The molecule has 0 aliphatic heterocycles. The van der Waals surface area contributed by atoms with Gasteiger partial charge in [-0.15, -0.1) is 0 Å². The number of rotatable bonds is 8. The standard InChI is InChI=1S/C19H19FN2O4/c20-15-7-5-13-11-14(19(24)21-17(13)12-15)6-8-18(23)22-26-10-2-4-16-3-1-9-25-16/h1,3,5,7,9,11-12H,2,4,6,8,10H2,(H,21,24)(H,22,23). The van der Waals surface area contributed by atoms with Gasteiger partial charge in [0.15, 0.2) is 0 Å². The molecule has 3 aromatic rings. The third-order valence-corrected chi connectivity index (χ3v) is 3.94. The number of hydrogen-bond donors (Lipinski definition) is 2. The quantitative estimate of drug-likeness (QED) is 0.479. The molecule has 2 heterocycles. The number of hydrogen-bond acceptors (Lipinski definition) is 4. The first kappa shape index (κ1) is 17.9. The molecule has 6 nitrogen and oxygen atoms in total. The Morgan fingerprint density at radius 2 is 2.12 bits per heavy atom. The Morgan fingerprint density at radius 1 is 1.23 bits per heavy atom. The third-order valence-electron chi connectivity index (χ3n) is 3.94. The Balaban J connectivity index is 1.44. The van der Waals surface area contributed by atoms with Crippen molar-refractivity contribution in [2.75, 3.05) is 6.61 Å². The van der Waals surface area contributed by atoms with E-state index in [0.717, 1.165) is 17.6 Å². The second kappa shape index (κ2) is 8.44. The second-order valence-electron chi connectivity index (χ2n) is 5.91. The Hall–Kier alpha value is -2.93. The number of H-pyrrole nitrogens is 1. The molecular formula is C19H19FN2O4. The van der Waals surface area contributed by atoms with Crippen molar-refractivity contribution in [3.05, 3.63) is 70.2 Å². The number of aryl methyl sites for hydroxylation is 2. The predicted molar refractivity (Wildman–Crippen MR) is 94.0 cm³/mol. The highest BCUT2D eigenvalue weighted by Gasteiger charge is 2.08. The van der Waals surface area contributed by atoms with Crippen molar-refractivity contribution in [1.82, 2.24) is 10.5 Å². The van der Waals surface area contributed by atoms with E-state index in [0.29, 0.717) is 24.1 Å². The molecule has 136 valence electrons. The van der Waals surface area contributed by atoms with Crippen LogP contribution < -0.4 is 11.0 Å². The lowest BCUT2D eigenvalue weighted by atomic mass is 10.1. The molecule has 0 bridgehead atoms. The van der Waals surface area contributed by atoms with E-state index in [-0.39, 0.29) is 24.3 Å². The molecule has 1 aromatic carbocycles. The molecule has 0 aliphatic rings. The number of nitrogens with one attached hydrogen (secondary N) is 2. The van der Waals surface area contributed by atoms with Crippen molar-refractivity contribution in [3.63, 3.8) is 0 Å². The van der Waals surface area contributed by atoms with Crippen molar-refractivity contribution < 1.29 is 18.4 Å². The van der Waals surface area contributed by atoms with Crippen LogP contribution in [0.25, 0.3) is 10.9 Å². The van der Waals surface area contributed by atoms with Crippen molar-refractivity contribution in [2.45, 2.75) is 25.7 Å². The van der Waals surface area contributed by atoms with E-state index in [4.69, 9.17) is 9.25 Å². The number of carbonyl (C=O) groups excluding carboxylic acids is 1. The summed E-state index contributed by atoms with van der Waals surface area (Å²) in [5.74, 6) is 0.154. The summed E-state index contributed by atoms with van der Waals surface area (Å²) in [6.07, 6.45) is 3.45. The monoisotopic (exact) mass is 358 g/mol. The van der Waals surface area contributed by atoms with Crippen LogP contribution >= 0.6 is 0 Å². The van der Waals surface area contributed by atoms with E-state index >= 15 is 0 Å². The fraction of sp³-hybridized carbons (Fsp3) is 0.263. The lowest BCUT2D eigenvalue weighted by Crippen LogP contribution is -2.25. The van der Waals surface area contributed by atoms with Crippen molar-refractivity contribution in [2.24, 2.45) is 0 Å². The molecule has 2 aromatic heterocycles. The highest BCUT2D eigenvalue weighted by atomic mass is 19.1. The fourth-order valence-corrected chi connectivity index (χ4v) is 2.61. The summed E-state index contributed by atoms with van der Waals surface area (Å²) in [5, 5.41) is 0.718. The summed E-state index contributed by atoms with van der Waals surface area (Å²) >= 11 is 0. The number of halogens is 1. The summed E-state index contributed by atoms with van der Waals surface area (Å²) in [6.45, 7) is 0.370. The first-order valence-electron chi connectivity index (χ1n) is 8.36. The van der Waals surface area contributed by atoms with Gasteiger partial charge in [0.1, 0.15) is 11.6 Å². The smallest absolute Gasteiger partial charge is 0.251 e. The number of fused-ring (bicyclic) bond motifs is 1. The highest BCUT2D eigenvalue weighted by Crippen LogP contribution is 2.13. The van der Waals surface area contributed by atoms with E-state index in [9.17, 15) is 14.0 Å². The van der Waals surface area contributed by atoms with Gasteiger partial charge in [0.2, 0.25) is 5.91 Å². The molecule has 0 saturated heterocycles. The molecule has 0 radical (unpaired) electrons. The van der Waals surface area contributed by atoms with Gasteiger partial charge in [-0.2, -0.15) is 0 Å². The van der Waals surface area contributed by atoms with Gasteiger partial charge in [0.25, 0.3) is 5.56 Å². The van der Waals surface area contributed by atoms with Crippen molar-refractivity contribution in [1.29, 1.82) is 0 Å². The number of aromatic amines is 1. The van der Waals surface area contributed by atoms with Crippen LogP contribution in [0.4, 0.5) is 4.39 Å². The number of carbonyl (C=O) groups is 1. The molecule has 3 rings (SSSR count). The Bertz CT molecular complexity index is 934. The maximum Gasteiger partial charge on any atom is 0.251 e. The number of aromatic nitrogens is 1. The minimum Gasteiger partial charge on any atom is -0.469 e. The Kier molecular flexibility index (Phi) is 5.80. The lowest BCUT2D eigenvalue weighted by Gasteiger charge is -2.06. The third kappa shape index (κ3) is 4.80. The summed E-state index contributed by atoms with van der Waals surface area (Å²) in [7, 11) is 0. The number of hydroxylamine groups is 1. The van der Waals surface area contributed by atoms with Crippen LogP contribution in [0, 0.1) is 5.82 Å². The van der Waals surface area contributed by atoms with E-state index in [1.165, 1.54) is 12.1 Å². The summed E-state index contributed by atoms with van der Waals surface area (Å²) in [6, 6.07) is 9.56. The maximum absolute atomic E-state index is 13.2. The molecule has 7 heteroatoms. The first-order valence-corrected chi connectivity index (χ1v) is 8.36. The summed E-state index contributed by atoms with van der Waals surface area (Å²) < 4.78 is 18.4. The molecule has 0 saturated carbocycles. The van der Waals surface area contributed by atoms with E-state index in [1.54, 1.807) is 18.4 Å². The normalized spacial score (nSPS) is 11.0. The minimum atomic E-state index is -0.413. The zero-order chi connectivity index (χ0) is 18.4. The lowest BCUT2D eigenvalue weighted by molar-refractivity contribution is -0.133. The average molecular weight is 358 g/mol. The number of furan rings is 1. The van der Waals surface area contributed by atoms with E-state index in [1.807, 2.05) is 12.1 Å². The van der Waals surface area contributed by atoms with Crippen LogP contribution in [-0.4, -0.2) is 17.5 Å². The number of pyridine rings is 1. The first-order chi connectivity index (χ1) is 12.6. The largest absolute Gasteiger partial charge is 0.469 e. The van der Waals surface area contributed by atoms with Gasteiger partial charge in [-0.1, -0.05) is 0 Å². The topological polar surface area (TPSA) is 84.3 Å². The SMILES string of the molecule is O=C(CCc1cc2ccc(F)cc2[nH]c1=O)NOCCCc1ccco1. The molecule has 1 amide bonds. The summed E-state index contributed by atoms with van der Waals surface area (Å²) in [4.78, 5) is 31.6. The van der Waals surface area contributed by atoms with Crippen LogP contribution in [0.5, 0.6) is 0 Å². The predicted octanol–water partition coefficient (Wildman–Crippen LogP) is 2.87. The van der Waals surface area contributed by atoms with Gasteiger partial charge in [-0.3, -0.25) is 14.4 Å². The van der Waals surface area contributed by atoms with Crippen LogP contribution in [0.2, 0.25) is 0 Å². The Morgan fingerprint density at radius 3 is 2.92 bits per heavy atom. The molecule has 0 atom stereocenters. The molecule has 0 aliphatic carbocycles. The van der Waals surface area contributed by atoms with Crippen LogP contribution in [0.1, 0.15) is 24.2 Å². The van der Waals surface area contributed by atoms with Gasteiger partial charge in [0, 0.05) is 18.4 Å².